The molecule has 2 N–H and O–H groups in total. The molecule has 1 aromatic rings. The number of benzene rings is 1. The van der Waals surface area contributed by atoms with Crippen molar-refractivity contribution in [3.8, 4) is 0 Å². The largest absolute Gasteiger partial charge is 0.398 e. The van der Waals surface area contributed by atoms with Gasteiger partial charge < -0.3 is 5.73 Å². The van der Waals surface area contributed by atoms with Gasteiger partial charge >= 0.3 is 0 Å². The predicted molar refractivity (Wildman–Crippen MR) is 87.8 cm³/mol. The molecule has 116 valence electrons. The number of rotatable bonds is 2. The quantitative estimate of drug-likeness (QED) is 0.780. The maximum absolute atomic E-state index is 13.0. The van der Waals surface area contributed by atoms with Gasteiger partial charge in [-0.1, -0.05) is 24.4 Å². The zero-order valence-electron chi connectivity index (χ0n) is 11.6. The summed E-state index contributed by atoms with van der Waals surface area (Å²) >= 11 is 9.28. The molecule has 1 saturated heterocycles. The van der Waals surface area contributed by atoms with E-state index in [1.807, 2.05) is 0 Å². The fourth-order valence-electron chi connectivity index (χ4n) is 3.56. The lowest BCUT2D eigenvalue weighted by molar-refractivity contribution is 0.260. The Morgan fingerprint density at radius 3 is 2.71 bits per heavy atom. The summed E-state index contributed by atoms with van der Waals surface area (Å²) in [6.45, 7) is 0.594. The Balaban J connectivity index is 2.01. The minimum absolute atomic E-state index is 0.135. The fraction of sp³-hybridized carbons (Fsp3) is 0.571. The molecule has 1 heterocycles. The molecule has 21 heavy (non-hydrogen) atoms. The molecule has 0 radical (unpaired) electrons. The molecule has 1 aromatic carbocycles. The molecule has 0 amide bonds. The van der Waals surface area contributed by atoms with Crippen LogP contribution in [0.5, 0.6) is 0 Å². The first-order valence-corrected chi connectivity index (χ1v) is 9.78. The zero-order chi connectivity index (χ0) is 15.2. The minimum Gasteiger partial charge on any atom is -0.398 e. The number of halogens is 2. The number of hydrogen-bond acceptors (Lipinski definition) is 3. The number of fused-ring (bicyclic) bond motifs is 1. The summed E-state index contributed by atoms with van der Waals surface area (Å²) in [6.07, 6.45) is 5.36. The van der Waals surface area contributed by atoms with E-state index in [0.29, 0.717) is 27.6 Å². The topological polar surface area (TPSA) is 63.4 Å². The molecule has 2 atom stereocenters. The van der Waals surface area contributed by atoms with Gasteiger partial charge in [-0.25, -0.2) is 8.42 Å². The second-order valence-electron chi connectivity index (χ2n) is 5.82. The van der Waals surface area contributed by atoms with Crippen molar-refractivity contribution in [1.82, 2.24) is 4.31 Å². The van der Waals surface area contributed by atoms with Crippen molar-refractivity contribution in [2.24, 2.45) is 5.92 Å². The van der Waals surface area contributed by atoms with Crippen molar-refractivity contribution >= 4 is 43.2 Å². The second-order valence-corrected chi connectivity index (χ2v) is 8.91. The lowest BCUT2D eigenvalue weighted by Gasteiger charge is -2.31. The van der Waals surface area contributed by atoms with Gasteiger partial charge in [-0.15, -0.1) is 0 Å². The van der Waals surface area contributed by atoms with E-state index in [9.17, 15) is 8.42 Å². The van der Waals surface area contributed by atoms with Gasteiger partial charge in [0.25, 0.3) is 0 Å². The molecule has 0 bridgehead atoms. The van der Waals surface area contributed by atoms with Gasteiger partial charge in [0.2, 0.25) is 10.0 Å². The Morgan fingerprint density at radius 2 is 1.95 bits per heavy atom. The van der Waals surface area contributed by atoms with Gasteiger partial charge in [-0.05, 0) is 53.2 Å². The maximum Gasteiger partial charge on any atom is 0.244 e. The summed E-state index contributed by atoms with van der Waals surface area (Å²) in [5.74, 6) is 0.504. The number of nitrogens with two attached hydrogens (primary N) is 1. The van der Waals surface area contributed by atoms with Crippen LogP contribution in [0, 0.1) is 5.92 Å². The smallest absolute Gasteiger partial charge is 0.244 e. The minimum atomic E-state index is -3.56. The first kappa shape index (κ1) is 15.6. The van der Waals surface area contributed by atoms with Gasteiger partial charge in [0.1, 0.15) is 0 Å². The Morgan fingerprint density at radius 1 is 1.24 bits per heavy atom. The van der Waals surface area contributed by atoms with Crippen molar-refractivity contribution in [2.45, 2.75) is 43.0 Å². The highest BCUT2D eigenvalue weighted by Crippen LogP contribution is 2.41. The van der Waals surface area contributed by atoms with Gasteiger partial charge in [0.05, 0.1) is 9.37 Å². The molecule has 0 spiro atoms. The Kier molecular flexibility index (Phi) is 4.25. The average molecular weight is 394 g/mol. The van der Waals surface area contributed by atoms with E-state index >= 15 is 0 Å². The van der Waals surface area contributed by atoms with Crippen molar-refractivity contribution in [2.75, 3.05) is 12.3 Å². The van der Waals surface area contributed by atoms with Crippen LogP contribution in [0.2, 0.25) is 5.02 Å². The molecule has 1 aliphatic heterocycles. The van der Waals surface area contributed by atoms with Crippen molar-refractivity contribution in [3.05, 3.63) is 21.6 Å². The third-order valence-electron chi connectivity index (χ3n) is 4.58. The standard InChI is InChI=1S/C14H18BrClN2O2S/c15-14-11(17)7-10(16)8-13(14)21(19,20)18-6-5-9-3-1-2-4-12(9)18/h7-9,12H,1-6,17H2. The predicted octanol–water partition coefficient (Wildman–Crippen LogP) is 3.64. The fourth-order valence-corrected chi connectivity index (χ4v) is 6.55. The molecule has 1 aliphatic carbocycles. The van der Waals surface area contributed by atoms with Gasteiger partial charge in [-0.2, -0.15) is 4.31 Å². The van der Waals surface area contributed by atoms with Gasteiger partial charge in [0, 0.05) is 23.3 Å². The molecular formula is C14H18BrClN2O2S. The number of sulfonamides is 1. The van der Waals surface area contributed by atoms with Gasteiger partial charge in [-0.3, -0.25) is 0 Å². The van der Waals surface area contributed by atoms with E-state index in [0.717, 1.165) is 25.7 Å². The van der Waals surface area contributed by atoms with Crippen molar-refractivity contribution in [3.63, 3.8) is 0 Å². The monoisotopic (exact) mass is 392 g/mol. The number of anilines is 1. The lowest BCUT2D eigenvalue weighted by Crippen LogP contribution is -2.39. The van der Waals surface area contributed by atoms with E-state index in [2.05, 4.69) is 15.9 Å². The summed E-state index contributed by atoms with van der Waals surface area (Å²) in [4.78, 5) is 0.179. The van der Waals surface area contributed by atoms with Crippen LogP contribution in [0.3, 0.4) is 0 Å². The molecular weight excluding hydrogens is 376 g/mol. The normalized spacial score (nSPS) is 26.8. The molecule has 0 aromatic heterocycles. The Hall–Kier alpha value is -0.300. The highest BCUT2D eigenvalue weighted by Gasteiger charge is 2.43. The molecule has 3 rings (SSSR count). The van der Waals surface area contributed by atoms with Crippen molar-refractivity contribution < 1.29 is 8.42 Å². The molecule has 4 nitrogen and oxygen atoms in total. The molecule has 1 saturated carbocycles. The lowest BCUT2D eigenvalue weighted by atomic mass is 9.86. The summed E-state index contributed by atoms with van der Waals surface area (Å²) in [5.41, 5.74) is 6.18. The van der Waals surface area contributed by atoms with E-state index in [1.54, 1.807) is 10.4 Å². The summed E-state index contributed by atoms with van der Waals surface area (Å²) in [5, 5.41) is 0.341. The SMILES string of the molecule is Nc1cc(Cl)cc(S(=O)(=O)N2CCC3CCCCC32)c1Br. The van der Waals surface area contributed by atoms with Crippen molar-refractivity contribution in [1.29, 1.82) is 0 Å². The summed E-state index contributed by atoms with van der Waals surface area (Å²) in [7, 11) is -3.56. The number of nitrogens with zero attached hydrogens (tertiary/aromatic N) is 1. The molecule has 2 fully saturated rings. The molecule has 2 aliphatic rings. The summed E-state index contributed by atoms with van der Waals surface area (Å²) in [6, 6.07) is 3.17. The van der Waals surface area contributed by atoms with Crippen LogP contribution in [0.15, 0.2) is 21.5 Å². The van der Waals surface area contributed by atoms with Crippen LogP contribution in [-0.4, -0.2) is 25.3 Å². The highest BCUT2D eigenvalue weighted by molar-refractivity contribution is 9.10. The first-order valence-electron chi connectivity index (χ1n) is 7.17. The van der Waals surface area contributed by atoms with Crippen LogP contribution >= 0.6 is 27.5 Å². The number of hydrogen-bond donors (Lipinski definition) is 1. The van der Waals surface area contributed by atoms with Crippen LogP contribution in [0.1, 0.15) is 32.1 Å². The number of nitrogen functional groups attached to an aromatic ring is 1. The highest BCUT2D eigenvalue weighted by atomic mass is 79.9. The van der Waals surface area contributed by atoms with Gasteiger partial charge in [0.15, 0.2) is 0 Å². The van der Waals surface area contributed by atoms with Crippen LogP contribution in [0.4, 0.5) is 5.69 Å². The average Bonchev–Trinajstić information content (AvgIpc) is 2.87. The summed E-state index contributed by atoms with van der Waals surface area (Å²) < 4.78 is 28.1. The van der Waals surface area contributed by atoms with E-state index < -0.39 is 10.0 Å². The van der Waals surface area contributed by atoms with Crippen LogP contribution in [-0.2, 0) is 10.0 Å². The molecule has 7 heteroatoms. The second kappa shape index (κ2) is 5.72. The third kappa shape index (κ3) is 2.71. The van der Waals surface area contributed by atoms with E-state index in [-0.39, 0.29) is 10.9 Å². The maximum atomic E-state index is 13.0. The van der Waals surface area contributed by atoms with E-state index in [4.69, 9.17) is 17.3 Å². The third-order valence-corrected chi connectivity index (χ3v) is 7.89. The Labute approximate surface area is 138 Å². The van der Waals surface area contributed by atoms with E-state index in [1.165, 1.54) is 12.5 Å². The first-order chi connectivity index (χ1) is 9.91. The Bertz CT molecular complexity index is 665. The van der Waals surface area contributed by atoms with Crippen LogP contribution in [0.25, 0.3) is 0 Å². The zero-order valence-corrected chi connectivity index (χ0v) is 14.7. The van der Waals surface area contributed by atoms with Crippen LogP contribution < -0.4 is 5.73 Å². The molecule has 2 unspecified atom stereocenters.